The zero-order valence-corrected chi connectivity index (χ0v) is 21.1. The number of carbonyl (C=O) groups is 1. The van der Waals surface area contributed by atoms with Gasteiger partial charge in [0.1, 0.15) is 24.7 Å². The fraction of sp³-hybridized carbons (Fsp3) is 0.250. The minimum absolute atomic E-state index is 0.0174. The predicted octanol–water partition coefficient (Wildman–Crippen LogP) is 3.77. The first kappa shape index (κ1) is 24.7. The van der Waals surface area contributed by atoms with Crippen LogP contribution in [0.25, 0.3) is 6.08 Å². The lowest BCUT2D eigenvalue weighted by Crippen LogP contribution is -2.35. The smallest absolute Gasteiger partial charge is 0.283 e. The molecule has 2 heterocycles. The number of hydrogen-bond donors (Lipinski definition) is 1. The predicted molar refractivity (Wildman–Crippen MR) is 138 cm³/mol. The van der Waals surface area contributed by atoms with Crippen LogP contribution in [0.15, 0.2) is 58.1 Å². The van der Waals surface area contributed by atoms with Crippen LogP contribution in [0.4, 0.5) is 0 Å². The third kappa shape index (κ3) is 5.63. The van der Waals surface area contributed by atoms with Crippen LogP contribution in [0.5, 0.6) is 11.5 Å². The van der Waals surface area contributed by atoms with Gasteiger partial charge in [0, 0.05) is 0 Å². The highest BCUT2D eigenvalue weighted by atomic mass is 32.3. The summed E-state index contributed by atoms with van der Waals surface area (Å²) in [4.78, 5) is 16.4. The third-order valence-electron chi connectivity index (χ3n) is 5.09. The Morgan fingerprint density at radius 3 is 2.29 bits per heavy atom. The fourth-order valence-electron chi connectivity index (χ4n) is 3.39. The molecule has 1 N–H and O–H groups in total. The summed E-state index contributed by atoms with van der Waals surface area (Å²) >= 11 is 0.775. The van der Waals surface area contributed by atoms with Gasteiger partial charge < -0.3 is 9.47 Å². The van der Waals surface area contributed by atoms with Crippen LogP contribution in [0.3, 0.4) is 0 Å². The van der Waals surface area contributed by atoms with Crippen molar-refractivity contribution in [3.05, 3.63) is 64.7 Å². The molecule has 9 nitrogen and oxygen atoms in total. The molecule has 0 aromatic heterocycles. The van der Waals surface area contributed by atoms with Crippen molar-refractivity contribution in [3.8, 4) is 11.5 Å². The molecule has 0 aliphatic carbocycles. The van der Waals surface area contributed by atoms with Gasteiger partial charge in [0.2, 0.25) is 19.4 Å². The van der Waals surface area contributed by atoms with Gasteiger partial charge in [-0.25, -0.2) is 8.42 Å². The van der Waals surface area contributed by atoms with E-state index in [4.69, 9.17) is 14.9 Å². The summed E-state index contributed by atoms with van der Waals surface area (Å²) in [6.45, 7) is 6.30. The lowest BCUT2D eigenvalue weighted by molar-refractivity contribution is -0.114. The minimum atomic E-state index is -3.57. The number of nitrogens with one attached hydrogen (secondary N) is 1. The van der Waals surface area contributed by atoms with E-state index >= 15 is 0 Å². The Morgan fingerprint density at radius 1 is 1.03 bits per heavy atom. The molecule has 35 heavy (non-hydrogen) atoms. The first-order chi connectivity index (χ1) is 16.7. The Hall–Kier alpha value is -3.44. The molecule has 1 amide bonds. The Labute approximate surface area is 208 Å². The summed E-state index contributed by atoms with van der Waals surface area (Å²) in [6, 6.07) is 13.0. The second kappa shape index (κ2) is 10.0. The molecule has 0 bridgehead atoms. The van der Waals surface area contributed by atoms with Gasteiger partial charge in [0.05, 0.1) is 11.3 Å². The molecular weight excluding hydrogens is 488 g/mol. The van der Waals surface area contributed by atoms with Crippen molar-refractivity contribution in [2.45, 2.75) is 20.8 Å². The van der Waals surface area contributed by atoms with Gasteiger partial charge in [0.15, 0.2) is 5.84 Å². The quantitative estimate of drug-likeness (QED) is 0.443. The number of rotatable bonds is 7. The first-order valence-corrected chi connectivity index (χ1v) is 13.3. The standard InChI is InChI=1S/C24H24N4O5S2/c1-4-35(30,31)24-27-28-21(25)20(22(29)26-23(28)34-24)14-17-5-7-18(8-6-17)32-9-10-33-19-12-15(2)11-16(3)13-19/h5-8,11-14,25H,4,9-10H2,1-3H3/b20-14+,25-21?. The van der Waals surface area contributed by atoms with Gasteiger partial charge in [0.25, 0.3) is 5.91 Å². The minimum Gasteiger partial charge on any atom is -0.490 e. The molecule has 182 valence electrons. The van der Waals surface area contributed by atoms with Crippen molar-refractivity contribution >= 4 is 49.0 Å². The van der Waals surface area contributed by atoms with Gasteiger partial charge in [-0.15, -0.1) is 5.10 Å². The molecule has 0 radical (unpaired) electrons. The van der Waals surface area contributed by atoms with Gasteiger partial charge in [-0.3, -0.25) is 10.2 Å². The summed E-state index contributed by atoms with van der Waals surface area (Å²) in [5, 5.41) is 13.5. The van der Waals surface area contributed by atoms with Crippen molar-refractivity contribution in [1.29, 1.82) is 5.41 Å². The number of fused-ring (bicyclic) bond motifs is 1. The van der Waals surface area contributed by atoms with E-state index in [1.807, 2.05) is 26.0 Å². The molecule has 4 rings (SSSR count). The number of benzene rings is 2. The molecule has 2 aromatic rings. The topological polar surface area (TPSA) is 121 Å². The van der Waals surface area contributed by atoms with E-state index in [0.29, 0.717) is 24.5 Å². The number of hydrogen-bond acceptors (Lipinski definition) is 8. The van der Waals surface area contributed by atoms with Crippen molar-refractivity contribution in [1.82, 2.24) is 5.01 Å². The van der Waals surface area contributed by atoms with E-state index in [9.17, 15) is 13.2 Å². The Morgan fingerprint density at radius 2 is 1.66 bits per heavy atom. The zero-order valence-electron chi connectivity index (χ0n) is 19.4. The lowest BCUT2D eigenvalue weighted by Gasteiger charge is -2.20. The van der Waals surface area contributed by atoms with Crippen molar-refractivity contribution in [2.75, 3.05) is 19.0 Å². The molecule has 0 fully saturated rings. The van der Waals surface area contributed by atoms with E-state index in [1.165, 1.54) is 13.0 Å². The number of thioether (sulfide) groups is 1. The van der Waals surface area contributed by atoms with E-state index in [0.717, 1.165) is 33.6 Å². The SMILES string of the molecule is CCS(=O)(=O)C1=NN2C(=N)/C(=C\c3ccc(OCCOc4cc(C)cc(C)c4)cc3)C(=O)N=C2S1. The molecule has 0 unspecified atom stereocenters. The number of hydrazone groups is 1. The summed E-state index contributed by atoms with van der Waals surface area (Å²) < 4.78 is 35.5. The molecule has 0 saturated carbocycles. The maximum absolute atomic E-state index is 12.5. The summed E-state index contributed by atoms with van der Waals surface area (Å²) in [5.74, 6) is 0.464. The third-order valence-corrected chi connectivity index (χ3v) is 8.18. The molecule has 2 aliphatic heterocycles. The first-order valence-electron chi connectivity index (χ1n) is 10.8. The van der Waals surface area contributed by atoms with Crippen LogP contribution in [0.2, 0.25) is 0 Å². The number of carbonyl (C=O) groups excluding carboxylic acids is 1. The van der Waals surface area contributed by atoms with Crippen LogP contribution in [0.1, 0.15) is 23.6 Å². The average molecular weight is 513 g/mol. The number of aryl methyl sites for hydroxylation is 2. The number of ether oxygens (including phenoxy) is 2. The molecule has 0 spiro atoms. The molecule has 2 aliphatic rings. The van der Waals surface area contributed by atoms with E-state index in [2.05, 4.69) is 16.2 Å². The number of amidine groups is 2. The van der Waals surface area contributed by atoms with Crippen LogP contribution < -0.4 is 9.47 Å². The summed E-state index contributed by atoms with van der Waals surface area (Å²) in [7, 11) is -3.57. The Bertz CT molecular complexity index is 1360. The number of nitrogens with zero attached hydrogens (tertiary/aromatic N) is 3. The normalized spacial score (nSPS) is 16.8. The van der Waals surface area contributed by atoms with Gasteiger partial charge in [-0.2, -0.15) is 10.0 Å². The molecular formula is C24H24N4O5S2. The second-order valence-corrected chi connectivity index (χ2v) is 11.3. The van der Waals surface area contributed by atoms with E-state index < -0.39 is 15.7 Å². The number of aliphatic imine (C=N–C) groups is 1. The van der Waals surface area contributed by atoms with Gasteiger partial charge >= 0.3 is 0 Å². The van der Waals surface area contributed by atoms with E-state index in [1.54, 1.807) is 24.3 Å². The highest BCUT2D eigenvalue weighted by molar-refractivity contribution is 8.42. The van der Waals surface area contributed by atoms with Crippen LogP contribution in [-0.4, -0.2) is 53.7 Å². The van der Waals surface area contributed by atoms with Crippen molar-refractivity contribution < 1.29 is 22.7 Å². The van der Waals surface area contributed by atoms with Crippen LogP contribution >= 0.6 is 11.8 Å². The van der Waals surface area contributed by atoms with Gasteiger partial charge in [-0.05, 0) is 72.6 Å². The monoisotopic (exact) mass is 512 g/mol. The molecule has 0 atom stereocenters. The van der Waals surface area contributed by atoms with Crippen molar-refractivity contribution in [2.24, 2.45) is 10.1 Å². The highest BCUT2D eigenvalue weighted by Crippen LogP contribution is 2.30. The second-order valence-electron chi connectivity index (χ2n) is 7.88. The average Bonchev–Trinajstić information content (AvgIpc) is 3.25. The number of amides is 1. The number of sulfone groups is 1. The van der Waals surface area contributed by atoms with Crippen LogP contribution in [-0.2, 0) is 14.6 Å². The summed E-state index contributed by atoms with van der Waals surface area (Å²) in [5.41, 5.74) is 2.95. The fourth-order valence-corrected chi connectivity index (χ4v) is 5.55. The molecule has 0 saturated heterocycles. The molecule has 2 aromatic carbocycles. The van der Waals surface area contributed by atoms with Gasteiger partial charge in [-0.1, -0.05) is 25.1 Å². The van der Waals surface area contributed by atoms with Crippen LogP contribution in [0, 0.1) is 19.3 Å². The van der Waals surface area contributed by atoms with E-state index in [-0.39, 0.29) is 26.7 Å². The molecule has 11 heteroatoms. The maximum Gasteiger partial charge on any atom is 0.283 e. The largest absolute Gasteiger partial charge is 0.490 e. The summed E-state index contributed by atoms with van der Waals surface area (Å²) in [6.07, 6.45) is 1.52. The Kier molecular flexibility index (Phi) is 7.08. The van der Waals surface area contributed by atoms with Crippen molar-refractivity contribution in [3.63, 3.8) is 0 Å². The Balaban J connectivity index is 1.39. The lowest BCUT2D eigenvalue weighted by atomic mass is 10.1. The maximum atomic E-state index is 12.5. The highest BCUT2D eigenvalue weighted by Gasteiger charge is 2.39. The zero-order chi connectivity index (χ0) is 25.2.